The van der Waals surface area contributed by atoms with Crippen LogP contribution in [0, 0.1) is 5.92 Å². The molecule has 0 atom stereocenters. The molecule has 100 valence electrons. The number of carbonyl (C=O) groups is 1. The highest BCUT2D eigenvalue weighted by atomic mass is 16.5. The molecular weight excluding hydrogens is 218 g/mol. The molecule has 1 saturated carbocycles. The molecule has 0 aromatic carbocycles. The van der Waals surface area contributed by atoms with E-state index in [-0.39, 0.29) is 12.5 Å². The zero-order chi connectivity index (χ0) is 12.7. The van der Waals surface area contributed by atoms with E-state index in [9.17, 15) is 9.90 Å². The number of amides is 1. The molecule has 1 rings (SSSR count). The van der Waals surface area contributed by atoms with E-state index in [0.717, 1.165) is 31.6 Å². The van der Waals surface area contributed by atoms with E-state index >= 15 is 0 Å². The summed E-state index contributed by atoms with van der Waals surface area (Å²) >= 11 is 0. The summed E-state index contributed by atoms with van der Waals surface area (Å²) in [5.74, 6) is 0.604. The first kappa shape index (κ1) is 14.5. The summed E-state index contributed by atoms with van der Waals surface area (Å²) in [5.41, 5.74) is -0.701. The quantitative estimate of drug-likeness (QED) is 0.742. The Morgan fingerprint density at radius 1 is 1.41 bits per heavy atom. The number of carbonyl (C=O) groups excluding carboxylic acids is 1. The molecule has 0 unspecified atom stereocenters. The van der Waals surface area contributed by atoms with Crippen molar-refractivity contribution in [1.82, 2.24) is 5.32 Å². The summed E-state index contributed by atoms with van der Waals surface area (Å²) < 4.78 is 5.01. The van der Waals surface area contributed by atoms with E-state index in [4.69, 9.17) is 4.74 Å². The highest BCUT2D eigenvalue weighted by Crippen LogP contribution is 2.33. The van der Waals surface area contributed by atoms with Gasteiger partial charge in [-0.25, -0.2) is 0 Å². The monoisotopic (exact) mass is 243 g/mol. The molecule has 0 saturated heterocycles. The number of hydrogen-bond donors (Lipinski definition) is 2. The number of aliphatic hydroxyl groups is 1. The van der Waals surface area contributed by atoms with Crippen molar-refractivity contribution < 1.29 is 14.6 Å². The molecular formula is C13H25NO3. The molecule has 0 aromatic heterocycles. The molecule has 0 spiro atoms. The van der Waals surface area contributed by atoms with Crippen molar-refractivity contribution in [2.75, 3.05) is 19.8 Å². The molecule has 0 aliphatic heterocycles. The fourth-order valence-electron chi connectivity index (χ4n) is 2.31. The molecule has 1 aliphatic carbocycles. The molecule has 0 bridgehead atoms. The van der Waals surface area contributed by atoms with Gasteiger partial charge in [-0.1, -0.05) is 13.3 Å². The second-order valence-corrected chi connectivity index (χ2v) is 4.99. The van der Waals surface area contributed by atoms with Gasteiger partial charge in [0.05, 0.1) is 5.60 Å². The van der Waals surface area contributed by atoms with E-state index in [0.29, 0.717) is 13.2 Å². The Labute approximate surface area is 104 Å². The van der Waals surface area contributed by atoms with Crippen LogP contribution in [-0.4, -0.2) is 36.4 Å². The van der Waals surface area contributed by atoms with Crippen LogP contribution in [0.15, 0.2) is 0 Å². The first-order chi connectivity index (χ1) is 8.09. The van der Waals surface area contributed by atoms with Crippen molar-refractivity contribution in [2.24, 2.45) is 5.92 Å². The Kier molecular flexibility index (Phi) is 5.92. The second-order valence-electron chi connectivity index (χ2n) is 4.99. The third-order valence-corrected chi connectivity index (χ3v) is 3.67. The minimum atomic E-state index is -0.701. The van der Waals surface area contributed by atoms with Crippen LogP contribution in [0.2, 0.25) is 0 Å². The van der Waals surface area contributed by atoms with Gasteiger partial charge >= 0.3 is 0 Å². The normalized spacial score (nSPS) is 29.0. The highest BCUT2D eigenvalue weighted by Gasteiger charge is 2.32. The Morgan fingerprint density at radius 2 is 2.06 bits per heavy atom. The molecule has 0 radical (unpaired) electrons. The lowest BCUT2D eigenvalue weighted by Crippen LogP contribution is -2.46. The third kappa shape index (κ3) is 5.04. The predicted molar refractivity (Wildman–Crippen MR) is 66.7 cm³/mol. The average molecular weight is 243 g/mol. The fourth-order valence-corrected chi connectivity index (χ4v) is 2.31. The maximum atomic E-state index is 11.4. The van der Waals surface area contributed by atoms with E-state index in [1.54, 1.807) is 0 Å². The molecule has 17 heavy (non-hydrogen) atoms. The standard InChI is InChI=1S/C13H25NO3/c1-3-11-5-7-13(16,8-6-11)10-14-12(15)9-17-4-2/h11,16H,3-10H2,1-2H3,(H,14,15). The van der Waals surface area contributed by atoms with E-state index in [1.807, 2.05) is 6.92 Å². The van der Waals surface area contributed by atoms with Crippen molar-refractivity contribution >= 4 is 5.91 Å². The SMILES string of the molecule is CCOCC(=O)NCC1(O)CCC(CC)CC1. The van der Waals surface area contributed by atoms with Crippen LogP contribution in [0.5, 0.6) is 0 Å². The number of hydrogen-bond acceptors (Lipinski definition) is 3. The van der Waals surface area contributed by atoms with Gasteiger partial charge in [0, 0.05) is 13.2 Å². The molecule has 1 amide bonds. The predicted octanol–water partition coefficient (Wildman–Crippen LogP) is 1.47. The maximum Gasteiger partial charge on any atom is 0.246 e. The van der Waals surface area contributed by atoms with Crippen LogP contribution in [0.25, 0.3) is 0 Å². The molecule has 4 nitrogen and oxygen atoms in total. The van der Waals surface area contributed by atoms with Crippen LogP contribution < -0.4 is 5.32 Å². The van der Waals surface area contributed by atoms with E-state index < -0.39 is 5.60 Å². The molecule has 0 aromatic rings. The Balaban J connectivity index is 2.24. The molecule has 4 heteroatoms. The Bertz CT molecular complexity index is 235. The number of ether oxygens (including phenoxy) is 1. The second kappa shape index (κ2) is 6.97. The van der Waals surface area contributed by atoms with Gasteiger partial charge in [0.1, 0.15) is 6.61 Å². The van der Waals surface area contributed by atoms with Gasteiger partial charge in [0.25, 0.3) is 0 Å². The Morgan fingerprint density at radius 3 is 2.59 bits per heavy atom. The first-order valence-electron chi connectivity index (χ1n) is 6.66. The summed E-state index contributed by atoms with van der Waals surface area (Å²) in [6.07, 6.45) is 4.90. The minimum absolute atomic E-state index is 0.0875. The number of rotatable bonds is 6. The van der Waals surface area contributed by atoms with Crippen molar-refractivity contribution in [3.63, 3.8) is 0 Å². The lowest BCUT2D eigenvalue weighted by atomic mass is 9.78. The smallest absolute Gasteiger partial charge is 0.246 e. The molecule has 1 fully saturated rings. The Hall–Kier alpha value is -0.610. The topological polar surface area (TPSA) is 58.6 Å². The van der Waals surface area contributed by atoms with Crippen molar-refractivity contribution in [1.29, 1.82) is 0 Å². The van der Waals surface area contributed by atoms with Crippen molar-refractivity contribution in [3.05, 3.63) is 0 Å². The van der Waals surface area contributed by atoms with Gasteiger partial charge in [0.15, 0.2) is 0 Å². The largest absolute Gasteiger partial charge is 0.388 e. The average Bonchev–Trinajstić information content (AvgIpc) is 2.35. The minimum Gasteiger partial charge on any atom is -0.388 e. The zero-order valence-electron chi connectivity index (χ0n) is 11.0. The molecule has 1 aliphatic rings. The summed E-state index contributed by atoms with van der Waals surface area (Å²) in [7, 11) is 0. The first-order valence-corrected chi connectivity index (χ1v) is 6.66. The summed E-state index contributed by atoms with van der Waals surface area (Å²) in [5, 5.41) is 13.0. The highest BCUT2D eigenvalue weighted by molar-refractivity contribution is 5.77. The fraction of sp³-hybridized carbons (Fsp3) is 0.923. The van der Waals surface area contributed by atoms with Gasteiger partial charge < -0.3 is 15.2 Å². The van der Waals surface area contributed by atoms with Gasteiger partial charge in [-0.3, -0.25) is 4.79 Å². The van der Waals surface area contributed by atoms with Gasteiger partial charge in [-0.2, -0.15) is 0 Å². The zero-order valence-corrected chi connectivity index (χ0v) is 11.0. The van der Waals surface area contributed by atoms with Gasteiger partial charge in [-0.15, -0.1) is 0 Å². The number of nitrogens with one attached hydrogen (secondary N) is 1. The van der Waals surface area contributed by atoms with Crippen LogP contribution >= 0.6 is 0 Å². The van der Waals surface area contributed by atoms with Crippen LogP contribution in [0.3, 0.4) is 0 Å². The third-order valence-electron chi connectivity index (χ3n) is 3.67. The lowest BCUT2D eigenvalue weighted by molar-refractivity contribution is -0.127. The van der Waals surface area contributed by atoms with Crippen molar-refractivity contribution in [3.8, 4) is 0 Å². The van der Waals surface area contributed by atoms with Crippen LogP contribution in [0.1, 0.15) is 46.0 Å². The maximum absolute atomic E-state index is 11.4. The van der Waals surface area contributed by atoms with Crippen LogP contribution in [0.4, 0.5) is 0 Å². The molecule has 2 N–H and O–H groups in total. The van der Waals surface area contributed by atoms with Crippen LogP contribution in [-0.2, 0) is 9.53 Å². The summed E-state index contributed by atoms with van der Waals surface area (Å²) in [4.78, 5) is 11.4. The van der Waals surface area contributed by atoms with Gasteiger partial charge in [0.2, 0.25) is 5.91 Å². The lowest BCUT2D eigenvalue weighted by Gasteiger charge is -2.35. The van der Waals surface area contributed by atoms with E-state index in [1.165, 1.54) is 6.42 Å². The molecule has 0 heterocycles. The summed E-state index contributed by atoms with van der Waals surface area (Å²) in [6.45, 7) is 5.03. The van der Waals surface area contributed by atoms with Crippen molar-refractivity contribution in [2.45, 2.75) is 51.6 Å². The summed E-state index contributed by atoms with van der Waals surface area (Å²) in [6, 6.07) is 0. The van der Waals surface area contributed by atoms with Gasteiger partial charge in [-0.05, 0) is 38.5 Å². The van der Waals surface area contributed by atoms with E-state index in [2.05, 4.69) is 12.2 Å².